The van der Waals surface area contributed by atoms with Gasteiger partial charge in [0, 0.05) is 28.0 Å². The van der Waals surface area contributed by atoms with Crippen molar-refractivity contribution in [1.29, 1.82) is 0 Å². The van der Waals surface area contributed by atoms with Crippen molar-refractivity contribution in [3.63, 3.8) is 0 Å². The van der Waals surface area contributed by atoms with Gasteiger partial charge >= 0.3 is 0 Å². The number of hydrogen-bond donors (Lipinski definition) is 0. The zero-order valence-corrected chi connectivity index (χ0v) is 14.1. The molecule has 0 amide bonds. The summed E-state index contributed by atoms with van der Waals surface area (Å²) in [4.78, 5) is 4.47. The molecule has 0 aliphatic carbocycles. The van der Waals surface area contributed by atoms with Gasteiger partial charge in [-0.25, -0.2) is 4.98 Å². The van der Waals surface area contributed by atoms with Gasteiger partial charge in [0.1, 0.15) is 0 Å². The first-order chi connectivity index (χ1) is 8.62. The van der Waals surface area contributed by atoms with Crippen molar-refractivity contribution in [2.75, 3.05) is 0 Å². The molecule has 0 spiro atoms. The Hall–Kier alpha value is -0.0600. The molecular formula is C15H26INO. The van der Waals surface area contributed by atoms with Crippen LogP contribution in [0, 0.1) is 3.77 Å². The number of halogens is 1. The topological polar surface area (TPSA) is 26.0 Å². The second-order valence-corrected chi connectivity index (χ2v) is 6.51. The van der Waals surface area contributed by atoms with Crippen molar-refractivity contribution >= 4 is 22.6 Å². The standard InChI is InChI=1S/C15H26INO/c1-4-6-8-9-11-15(3,10-7-5-2)14-17-12-13(16)18-14/h12H,4-11H2,1-3H3. The van der Waals surface area contributed by atoms with Gasteiger partial charge in [-0.3, -0.25) is 0 Å². The first kappa shape index (κ1) is 16.0. The van der Waals surface area contributed by atoms with E-state index in [0.717, 1.165) is 9.66 Å². The van der Waals surface area contributed by atoms with Gasteiger partial charge in [0.25, 0.3) is 0 Å². The van der Waals surface area contributed by atoms with Crippen LogP contribution in [-0.2, 0) is 5.41 Å². The van der Waals surface area contributed by atoms with Crippen molar-refractivity contribution in [2.45, 2.75) is 77.6 Å². The highest BCUT2D eigenvalue weighted by atomic mass is 127. The third kappa shape index (κ3) is 4.90. The molecule has 1 aromatic rings. The molecule has 1 atom stereocenters. The quantitative estimate of drug-likeness (QED) is 0.416. The maximum absolute atomic E-state index is 5.78. The van der Waals surface area contributed by atoms with Crippen LogP contribution < -0.4 is 0 Å². The summed E-state index contributed by atoms with van der Waals surface area (Å²) in [6.07, 6.45) is 12.0. The summed E-state index contributed by atoms with van der Waals surface area (Å²) in [5.41, 5.74) is 0.132. The lowest BCUT2D eigenvalue weighted by atomic mass is 9.80. The molecular weight excluding hydrogens is 337 g/mol. The first-order valence-corrected chi connectivity index (χ1v) is 8.32. The van der Waals surface area contributed by atoms with E-state index in [1.165, 1.54) is 51.4 Å². The molecule has 0 radical (unpaired) electrons. The maximum atomic E-state index is 5.78. The molecule has 18 heavy (non-hydrogen) atoms. The lowest BCUT2D eigenvalue weighted by Gasteiger charge is -2.26. The zero-order chi connectivity index (χ0) is 13.4. The van der Waals surface area contributed by atoms with Crippen LogP contribution in [-0.4, -0.2) is 4.98 Å². The second kappa shape index (κ2) is 8.18. The number of aromatic nitrogens is 1. The summed E-state index contributed by atoms with van der Waals surface area (Å²) in [7, 11) is 0. The minimum absolute atomic E-state index is 0.132. The molecule has 1 heterocycles. The van der Waals surface area contributed by atoms with E-state index in [0.29, 0.717) is 0 Å². The predicted octanol–water partition coefficient (Wildman–Crippen LogP) is 5.70. The fraction of sp³-hybridized carbons (Fsp3) is 0.800. The number of oxazole rings is 1. The molecule has 0 saturated heterocycles. The largest absolute Gasteiger partial charge is 0.434 e. The lowest BCUT2D eigenvalue weighted by molar-refractivity contribution is 0.284. The SMILES string of the molecule is CCCCCCC(C)(CCCC)c1ncc(I)o1. The average molecular weight is 363 g/mol. The summed E-state index contributed by atoms with van der Waals surface area (Å²) in [6, 6.07) is 0. The lowest BCUT2D eigenvalue weighted by Crippen LogP contribution is -2.22. The Kier molecular flexibility index (Phi) is 7.27. The second-order valence-electron chi connectivity index (χ2n) is 5.44. The Morgan fingerprint density at radius 2 is 1.78 bits per heavy atom. The van der Waals surface area contributed by atoms with Crippen LogP contribution in [0.5, 0.6) is 0 Å². The smallest absolute Gasteiger partial charge is 0.201 e. The van der Waals surface area contributed by atoms with Gasteiger partial charge in [0.05, 0.1) is 6.20 Å². The summed E-state index contributed by atoms with van der Waals surface area (Å²) < 4.78 is 6.68. The zero-order valence-electron chi connectivity index (χ0n) is 12.0. The Labute approximate surface area is 125 Å². The summed E-state index contributed by atoms with van der Waals surface area (Å²) in [5.74, 6) is 0.942. The molecule has 0 saturated carbocycles. The van der Waals surface area contributed by atoms with Crippen LogP contribution in [0.3, 0.4) is 0 Å². The van der Waals surface area contributed by atoms with Crippen molar-refractivity contribution in [1.82, 2.24) is 4.98 Å². The first-order valence-electron chi connectivity index (χ1n) is 7.24. The Morgan fingerprint density at radius 1 is 1.11 bits per heavy atom. The number of nitrogens with zero attached hydrogens (tertiary/aromatic N) is 1. The third-order valence-corrected chi connectivity index (χ3v) is 4.16. The van der Waals surface area contributed by atoms with Crippen molar-refractivity contribution in [3.05, 3.63) is 15.9 Å². The minimum atomic E-state index is 0.132. The number of unbranched alkanes of at least 4 members (excludes halogenated alkanes) is 4. The highest BCUT2D eigenvalue weighted by Crippen LogP contribution is 2.34. The molecule has 0 aliphatic heterocycles. The molecule has 0 bridgehead atoms. The van der Waals surface area contributed by atoms with E-state index >= 15 is 0 Å². The number of hydrogen-bond acceptors (Lipinski definition) is 2. The van der Waals surface area contributed by atoms with Gasteiger partial charge in [-0.2, -0.15) is 0 Å². The van der Waals surface area contributed by atoms with E-state index in [1.54, 1.807) is 0 Å². The third-order valence-electron chi connectivity index (χ3n) is 3.66. The monoisotopic (exact) mass is 363 g/mol. The van der Waals surface area contributed by atoms with Crippen LogP contribution in [0.4, 0.5) is 0 Å². The fourth-order valence-electron chi connectivity index (χ4n) is 2.38. The van der Waals surface area contributed by atoms with E-state index in [4.69, 9.17) is 4.42 Å². The molecule has 0 aliphatic rings. The molecule has 1 aromatic heterocycles. The molecule has 3 heteroatoms. The van der Waals surface area contributed by atoms with E-state index in [9.17, 15) is 0 Å². The van der Waals surface area contributed by atoms with E-state index < -0.39 is 0 Å². The van der Waals surface area contributed by atoms with Gasteiger partial charge in [-0.05, 0) is 12.8 Å². The van der Waals surface area contributed by atoms with Crippen molar-refractivity contribution in [2.24, 2.45) is 0 Å². The number of rotatable bonds is 9. The van der Waals surface area contributed by atoms with E-state index in [-0.39, 0.29) is 5.41 Å². The van der Waals surface area contributed by atoms with Crippen LogP contribution >= 0.6 is 22.6 Å². The van der Waals surface area contributed by atoms with Crippen LogP contribution in [0.2, 0.25) is 0 Å². The Balaban J connectivity index is 2.62. The van der Waals surface area contributed by atoms with Crippen LogP contribution in [0.25, 0.3) is 0 Å². The normalized spacial score (nSPS) is 14.7. The van der Waals surface area contributed by atoms with Crippen LogP contribution in [0.15, 0.2) is 10.6 Å². The fourth-order valence-corrected chi connectivity index (χ4v) is 2.73. The molecule has 104 valence electrons. The van der Waals surface area contributed by atoms with Gasteiger partial charge in [0.15, 0.2) is 3.77 Å². The van der Waals surface area contributed by atoms with E-state index in [1.807, 2.05) is 6.20 Å². The molecule has 1 rings (SSSR count). The van der Waals surface area contributed by atoms with Crippen LogP contribution in [0.1, 0.15) is 78.0 Å². The highest BCUT2D eigenvalue weighted by Gasteiger charge is 2.30. The molecule has 0 fully saturated rings. The summed E-state index contributed by atoms with van der Waals surface area (Å²) >= 11 is 2.20. The van der Waals surface area contributed by atoms with Gasteiger partial charge in [0.2, 0.25) is 5.89 Å². The summed E-state index contributed by atoms with van der Waals surface area (Å²) in [6.45, 7) is 6.82. The molecule has 0 N–H and O–H groups in total. The highest BCUT2D eigenvalue weighted by molar-refractivity contribution is 14.1. The molecule has 1 unspecified atom stereocenters. The average Bonchev–Trinajstić information content (AvgIpc) is 2.80. The molecule has 2 nitrogen and oxygen atoms in total. The van der Waals surface area contributed by atoms with Gasteiger partial charge in [-0.15, -0.1) is 0 Å². The maximum Gasteiger partial charge on any atom is 0.201 e. The van der Waals surface area contributed by atoms with Crippen molar-refractivity contribution in [3.8, 4) is 0 Å². The van der Waals surface area contributed by atoms with Gasteiger partial charge in [-0.1, -0.05) is 59.3 Å². The van der Waals surface area contributed by atoms with Gasteiger partial charge < -0.3 is 4.42 Å². The minimum Gasteiger partial charge on any atom is -0.434 e. The van der Waals surface area contributed by atoms with Crippen molar-refractivity contribution < 1.29 is 4.42 Å². The Bertz CT molecular complexity index is 337. The summed E-state index contributed by atoms with van der Waals surface area (Å²) in [5, 5.41) is 0. The predicted molar refractivity (Wildman–Crippen MR) is 84.9 cm³/mol. The Morgan fingerprint density at radius 3 is 2.33 bits per heavy atom. The van der Waals surface area contributed by atoms with E-state index in [2.05, 4.69) is 48.3 Å². The molecule has 0 aromatic carbocycles.